The SMILES string of the molecule is O=C1CCCNc2ccc(Cl)nc21. The molecule has 0 saturated carbocycles. The number of aromatic nitrogens is 1. The average Bonchev–Trinajstić information content (AvgIpc) is 2.29. The number of hydrogen-bond acceptors (Lipinski definition) is 3. The molecule has 2 rings (SSSR count). The van der Waals surface area contributed by atoms with Gasteiger partial charge >= 0.3 is 0 Å². The van der Waals surface area contributed by atoms with Gasteiger partial charge in [-0.05, 0) is 18.6 Å². The topological polar surface area (TPSA) is 42.0 Å². The molecular formula is C9H9ClN2O. The van der Waals surface area contributed by atoms with E-state index in [2.05, 4.69) is 10.3 Å². The molecule has 2 heterocycles. The predicted molar refractivity (Wildman–Crippen MR) is 51.3 cm³/mol. The number of carbonyl (C=O) groups excluding carboxylic acids is 1. The van der Waals surface area contributed by atoms with Crippen molar-refractivity contribution >= 4 is 23.1 Å². The summed E-state index contributed by atoms with van der Waals surface area (Å²) in [6.07, 6.45) is 1.40. The zero-order chi connectivity index (χ0) is 9.26. The van der Waals surface area contributed by atoms with E-state index in [9.17, 15) is 4.79 Å². The van der Waals surface area contributed by atoms with Gasteiger partial charge in [-0.1, -0.05) is 11.6 Å². The van der Waals surface area contributed by atoms with Crippen LogP contribution >= 0.6 is 11.6 Å². The number of anilines is 1. The van der Waals surface area contributed by atoms with Crippen LogP contribution in [-0.2, 0) is 0 Å². The van der Waals surface area contributed by atoms with Crippen LogP contribution in [0.1, 0.15) is 23.3 Å². The lowest BCUT2D eigenvalue weighted by Crippen LogP contribution is -2.03. The molecule has 0 unspecified atom stereocenters. The molecule has 0 fully saturated rings. The van der Waals surface area contributed by atoms with E-state index < -0.39 is 0 Å². The molecule has 1 N–H and O–H groups in total. The number of rotatable bonds is 0. The normalized spacial score (nSPS) is 15.9. The first-order valence-electron chi connectivity index (χ1n) is 4.21. The quantitative estimate of drug-likeness (QED) is 0.647. The van der Waals surface area contributed by atoms with E-state index in [1.54, 1.807) is 12.1 Å². The molecule has 0 bridgehead atoms. The minimum Gasteiger partial charge on any atom is -0.383 e. The van der Waals surface area contributed by atoms with Crippen molar-refractivity contribution in [2.45, 2.75) is 12.8 Å². The molecule has 0 saturated heterocycles. The Kier molecular flexibility index (Phi) is 2.19. The number of nitrogens with zero attached hydrogens (tertiary/aromatic N) is 1. The van der Waals surface area contributed by atoms with Crippen molar-refractivity contribution < 1.29 is 4.79 Å². The van der Waals surface area contributed by atoms with Gasteiger partial charge < -0.3 is 5.32 Å². The smallest absolute Gasteiger partial charge is 0.183 e. The van der Waals surface area contributed by atoms with Gasteiger partial charge in [0.1, 0.15) is 10.8 Å². The van der Waals surface area contributed by atoms with Gasteiger partial charge in [0.15, 0.2) is 5.78 Å². The lowest BCUT2D eigenvalue weighted by Gasteiger charge is -2.04. The highest BCUT2D eigenvalue weighted by Crippen LogP contribution is 2.21. The highest BCUT2D eigenvalue weighted by molar-refractivity contribution is 6.29. The van der Waals surface area contributed by atoms with Crippen molar-refractivity contribution in [3.63, 3.8) is 0 Å². The maximum absolute atomic E-state index is 11.5. The molecule has 13 heavy (non-hydrogen) atoms. The van der Waals surface area contributed by atoms with Crippen LogP contribution in [0.25, 0.3) is 0 Å². The Hall–Kier alpha value is -1.09. The van der Waals surface area contributed by atoms with Crippen molar-refractivity contribution in [1.29, 1.82) is 0 Å². The minimum atomic E-state index is 0.0718. The molecule has 3 nitrogen and oxygen atoms in total. The number of nitrogens with one attached hydrogen (secondary N) is 1. The van der Waals surface area contributed by atoms with Gasteiger partial charge in [0.25, 0.3) is 0 Å². The maximum Gasteiger partial charge on any atom is 0.183 e. The van der Waals surface area contributed by atoms with Crippen LogP contribution in [0.5, 0.6) is 0 Å². The van der Waals surface area contributed by atoms with Gasteiger partial charge in [-0.3, -0.25) is 4.79 Å². The van der Waals surface area contributed by atoms with E-state index in [0.29, 0.717) is 17.3 Å². The number of hydrogen-bond donors (Lipinski definition) is 1. The third-order valence-electron chi connectivity index (χ3n) is 2.02. The van der Waals surface area contributed by atoms with E-state index >= 15 is 0 Å². The first-order chi connectivity index (χ1) is 6.27. The summed E-state index contributed by atoms with van der Waals surface area (Å²) in [5, 5.41) is 3.51. The Balaban J connectivity index is 2.49. The van der Waals surface area contributed by atoms with Crippen LogP contribution in [0.2, 0.25) is 5.15 Å². The number of halogens is 1. The van der Waals surface area contributed by atoms with E-state index in [1.807, 2.05) is 0 Å². The summed E-state index contributed by atoms with van der Waals surface area (Å²) in [6.45, 7) is 0.821. The maximum atomic E-state index is 11.5. The van der Waals surface area contributed by atoms with Crippen LogP contribution in [0.4, 0.5) is 5.69 Å². The molecule has 1 aromatic heterocycles. The summed E-state index contributed by atoms with van der Waals surface area (Å²) in [7, 11) is 0. The van der Waals surface area contributed by atoms with E-state index in [0.717, 1.165) is 18.7 Å². The largest absolute Gasteiger partial charge is 0.383 e. The monoisotopic (exact) mass is 196 g/mol. The molecule has 1 aliphatic rings. The summed E-state index contributed by atoms with van der Waals surface area (Å²) >= 11 is 5.70. The van der Waals surface area contributed by atoms with Crippen molar-refractivity contribution in [3.8, 4) is 0 Å². The van der Waals surface area contributed by atoms with Gasteiger partial charge in [-0.2, -0.15) is 0 Å². The van der Waals surface area contributed by atoms with Crippen LogP contribution in [0.15, 0.2) is 12.1 Å². The number of fused-ring (bicyclic) bond motifs is 1. The van der Waals surface area contributed by atoms with Crippen LogP contribution in [0, 0.1) is 0 Å². The number of ketones is 1. The van der Waals surface area contributed by atoms with Gasteiger partial charge in [-0.15, -0.1) is 0 Å². The number of pyridine rings is 1. The summed E-state index contributed by atoms with van der Waals surface area (Å²) in [5.74, 6) is 0.0718. The molecule has 0 spiro atoms. The summed E-state index contributed by atoms with van der Waals surface area (Å²) in [4.78, 5) is 15.5. The van der Waals surface area contributed by atoms with E-state index in [4.69, 9.17) is 11.6 Å². The summed E-state index contributed by atoms with van der Waals surface area (Å²) in [5.41, 5.74) is 1.27. The van der Waals surface area contributed by atoms with E-state index in [1.165, 1.54) is 0 Å². The average molecular weight is 197 g/mol. The molecule has 1 aromatic rings. The molecular weight excluding hydrogens is 188 g/mol. The van der Waals surface area contributed by atoms with Gasteiger partial charge in [0.2, 0.25) is 0 Å². The highest BCUT2D eigenvalue weighted by Gasteiger charge is 2.16. The fourth-order valence-corrected chi connectivity index (χ4v) is 1.53. The molecule has 0 radical (unpaired) electrons. The molecule has 0 aliphatic carbocycles. The highest BCUT2D eigenvalue weighted by atomic mass is 35.5. The second-order valence-corrected chi connectivity index (χ2v) is 3.37. The summed E-state index contributed by atoms with van der Waals surface area (Å²) < 4.78 is 0. The lowest BCUT2D eigenvalue weighted by molar-refractivity contribution is 0.0979. The molecule has 0 aromatic carbocycles. The third-order valence-corrected chi connectivity index (χ3v) is 2.23. The van der Waals surface area contributed by atoms with Crippen molar-refractivity contribution in [1.82, 2.24) is 4.98 Å². The first kappa shape index (κ1) is 8.51. The van der Waals surface area contributed by atoms with Crippen molar-refractivity contribution in [2.75, 3.05) is 11.9 Å². The number of carbonyl (C=O) groups is 1. The lowest BCUT2D eigenvalue weighted by atomic mass is 10.1. The van der Waals surface area contributed by atoms with Gasteiger partial charge in [0, 0.05) is 13.0 Å². The molecule has 68 valence electrons. The Labute approximate surface area is 81.1 Å². The fraction of sp³-hybridized carbons (Fsp3) is 0.333. The zero-order valence-corrected chi connectivity index (χ0v) is 7.77. The van der Waals surface area contributed by atoms with Crippen LogP contribution in [0.3, 0.4) is 0 Å². The van der Waals surface area contributed by atoms with E-state index in [-0.39, 0.29) is 5.78 Å². The Morgan fingerprint density at radius 3 is 3.15 bits per heavy atom. The van der Waals surface area contributed by atoms with Gasteiger partial charge in [0.05, 0.1) is 5.69 Å². The van der Waals surface area contributed by atoms with Crippen molar-refractivity contribution in [2.24, 2.45) is 0 Å². The number of Topliss-reactive ketones (excluding diaryl/α,β-unsaturated/α-hetero) is 1. The molecule has 0 amide bonds. The second-order valence-electron chi connectivity index (χ2n) is 2.98. The molecule has 1 aliphatic heterocycles. The van der Waals surface area contributed by atoms with Crippen LogP contribution in [-0.4, -0.2) is 17.3 Å². The fourth-order valence-electron chi connectivity index (χ4n) is 1.38. The summed E-state index contributed by atoms with van der Waals surface area (Å²) in [6, 6.07) is 3.49. The van der Waals surface area contributed by atoms with Crippen molar-refractivity contribution in [3.05, 3.63) is 23.0 Å². The second kappa shape index (κ2) is 3.34. The standard InChI is InChI=1S/C9H9ClN2O/c10-8-4-3-6-9(12-8)7(13)2-1-5-11-6/h3-4,11H,1-2,5H2. The molecule has 0 atom stereocenters. The van der Waals surface area contributed by atoms with Crippen LogP contribution < -0.4 is 5.32 Å². The molecule has 4 heteroatoms. The Morgan fingerprint density at radius 1 is 1.46 bits per heavy atom. The Bertz CT molecular complexity index is 351. The zero-order valence-electron chi connectivity index (χ0n) is 7.01. The minimum absolute atomic E-state index is 0.0718. The Morgan fingerprint density at radius 2 is 2.31 bits per heavy atom. The third kappa shape index (κ3) is 1.65. The first-order valence-corrected chi connectivity index (χ1v) is 4.59. The van der Waals surface area contributed by atoms with Gasteiger partial charge in [-0.25, -0.2) is 4.98 Å². The predicted octanol–water partition coefficient (Wildman–Crippen LogP) is 2.12.